The molecule has 0 aliphatic heterocycles. The van der Waals surface area contributed by atoms with E-state index in [0.29, 0.717) is 11.4 Å². The van der Waals surface area contributed by atoms with Crippen molar-refractivity contribution in [1.82, 2.24) is 4.57 Å². The molecule has 1 aromatic heterocycles. The van der Waals surface area contributed by atoms with Gasteiger partial charge in [0, 0.05) is 22.5 Å². The van der Waals surface area contributed by atoms with Crippen molar-refractivity contribution >= 4 is 27.4 Å². The Morgan fingerprint density at radius 1 is 0.958 bits per heavy atom. The van der Waals surface area contributed by atoms with Crippen LogP contribution in [0.3, 0.4) is 0 Å². The number of ether oxygens (including phenoxy) is 2. The maximum atomic E-state index is 5.87. The first kappa shape index (κ1) is 14.5. The second-order valence-corrected chi connectivity index (χ2v) is 5.60. The van der Waals surface area contributed by atoms with Crippen molar-refractivity contribution in [3.05, 3.63) is 60.8 Å². The minimum absolute atomic E-state index is 0.666. The van der Waals surface area contributed by atoms with Gasteiger partial charge in [-0.15, -0.1) is 0 Å². The number of fused-ring (bicyclic) bond motifs is 3. The molecule has 4 rings (SSSR count). The van der Waals surface area contributed by atoms with Crippen LogP contribution in [0.5, 0.6) is 11.5 Å². The zero-order valence-corrected chi connectivity index (χ0v) is 13.5. The number of hydrogen-bond acceptors (Lipinski definition) is 3. The van der Waals surface area contributed by atoms with Gasteiger partial charge in [0.2, 0.25) is 0 Å². The van der Waals surface area contributed by atoms with E-state index < -0.39 is 0 Å². The van der Waals surface area contributed by atoms with E-state index >= 15 is 0 Å². The number of hydrogen-bond donors (Lipinski definition) is 1. The first-order valence-electron chi connectivity index (χ1n) is 7.65. The third-order valence-electron chi connectivity index (χ3n) is 4.27. The molecule has 0 unspecified atom stereocenters. The molecule has 0 atom stereocenters. The van der Waals surface area contributed by atoms with Gasteiger partial charge in [-0.1, -0.05) is 18.2 Å². The molecule has 2 N–H and O–H groups in total. The van der Waals surface area contributed by atoms with Gasteiger partial charge < -0.3 is 19.8 Å². The maximum Gasteiger partial charge on any atom is 0.144 e. The Bertz CT molecular complexity index is 1050. The maximum absolute atomic E-state index is 5.87. The largest absolute Gasteiger partial charge is 0.496 e. The van der Waals surface area contributed by atoms with E-state index in [-0.39, 0.29) is 0 Å². The molecule has 0 aliphatic carbocycles. The highest BCUT2D eigenvalue weighted by Gasteiger charge is 2.13. The molecule has 0 bridgehead atoms. The smallest absolute Gasteiger partial charge is 0.144 e. The van der Waals surface area contributed by atoms with Crippen LogP contribution in [0.15, 0.2) is 54.6 Å². The van der Waals surface area contributed by atoms with Crippen LogP contribution in [0, 0.1) is 6.20 Å². The van der Waals surface area contributed by atoms with E-state index in [0.717, 1.165) is 33.1 Å². The van der Waals surface area contributed by atoms with Crippen LogP contribution in [0.4, 0.5) is 5.69 Å². The molecule has 0 fully saturated rings. The number of methoxy groups -OCH3 is 2. The number of nitrogens with two attached hydrogens (primary N) is 1. The lowest BCUT2D eigenvalue weighted by atomic mass is 10.1. The number of nitrogen functional groups attached to an aromatic ring is 1. The molecular weight excluding hydrogens is 300 g/mol. The van der Waals surface area contributed by atoms with Gasteiger partial charge in [0.1, 0.15) is 11.5 Å². The van der Waals surface area contributed by atoms with Crippen molar-refractivity contribution in [2.24, 2.45) is 0 Å². The summed E-state index contributed by atoms with van der Waals surface area (Å²) in [7, 11) is 3.33. The first-order valence-corrected chi connectivity index (χ1v) is 7.65. The van der Waals surface area contributed by atoms with Gasteiger partial charge in [0.05, 0.1) is 31.6 Å². The highest BCUT2D eigenvalue weighted by Crippen LogP contribution is 2.36. The van der Waals surface area contributed by atoms with Crippen LogP contribution in [-0.2, 0) is 0 Å². The van der Waals surface area contributed by atoms with Crippen molar-refractivity contribution < 1.29 is 9.47 Å². The molecule has 24 heavy (non-hydrogen) atoms. The zero-order chi connectivity index (χ0) is 16.7. The van der Waals surface area contributed by atoms with E-state index in [2.05, 4.69) is 24.4 Å². The Hall–Kier alpha value is -3.14. The minimum atomic E-state index is 0.666. The minimum Gasteiger partial charge on any atom is -0.496 e. The zero-order valence-electron chi connectivity index (χ0n) is 13.5. The van der Waals surface area contributed by atoms with Crippen LogP contribution in [0.1, 0.15) is 0 Å². The van der Waals surface area contributed by atoms with Gasteiger partial charge >= 0.3 is 0 Å². The van der Waals surface area contributed by atoms with Crippen LogP contribution >= 0.6 is 0 Å². The van der Waals surface area contributed by atoms with Gasteiger partial charge in [-0.2, -0.15) is 0 Å². The van der Waals surface area contributed by atoms with Gasteiger partial charge in [-0.25, -0.2) is 0 Å². The molecule has 119 valence electrons. The Labute approximate surface area is 140 Å². The Kier molecular flexibility index (Phi) is 3.31. The molecule has 0 saturated heterocycles. The first-order chi connectivity index (χ1) is 11.7. The summed E-state index contributed by atoms with van der Waals surface area (Å²) in [6, 6.07) is 17.8. The summed E-state index contributed by atoms with van der Waals surface area (Å²) in [5.74, 6) is 1.57. The Morgan fingerprint density at radius 3 is 2.58 bits per heavy atom. The van der Waals surface area contributed by atoms with E-state index in [1.165, 1.54) is 0 Å². The fourth-order valence-electron chi connectivity index (χ4n) is 3.15. The summed E-state index contributed by atoms with van der Waals surface area (Å²) in [5.41, 5.74) is 8.47. The lowest BCUT2D eigenvalue weighted by Crippen LogP contribution is -1.98. The van der Waals surface area contributed by atoms with E-state index in [1.54, 1.807) is 14.2 Å². The lowest BCUT2D eigenvalue weighted by Gasteiger charge is -2.12. The molecule has 4 heteroatoms. The third-order valence-corrected chi connectivity index (χ3v) is 4.27. The molecule has 0 spiro atoms. The average molecular weight is 317 g/mol. The highest BCUT2D eigenvalue weighted by molar-refractivity contribution is 6.10. The number of aromatic nitrogens is 1. The molecule has 0 amide bonds. The van der Waals surface area contributed by atoms with Crippen molar-refractivity contribution in [3.63, 3.8) is 0 Å². The van der Waals surface area contributed by atoms with Crippen LogP contribution in [0.2, 0.25) is 0 Å². The van der Waals surface area contributed by atoms with Crippen LogP contribution in [-0.4, -0.2) is 18.8 Å². The second-order valence-electron chi connectivity index (χ2n) is 5.60. The van der Waals surface area contributed by atoms with Gasteiger partial charge in [-0.3, -0.25) is 0 Å². The number of benzene rings is 3. The predicted octanol–water partition coefficient (Wildman–Crippen LogP) is 4.18. The fourth-order valence-corrected chi connectivity index (χ4v) is 3.15. The van der Waals surface area contributed by atoms with E-state index in [1.807, 2.05) is 41.0 Å². The van der Waals surface area contributed by atoms with Gasteiger partial charge in [-0.05, 0) is 35.7 Å². The monoisotopic (exact) mass is 317 g/mol. The topological polar surface area (TPSA) is 49.4 Å². The molecule has 1 heterocycles. The Morgan fingerprint density at radius 2 is 1.79 bits per heavy atom. The number of anilines is 1. The summed E-state index contributed by atoms with van der Waals surface area (Å²) in [5, 5.41) is 3.31. The molecule has 4 nitrogen and oxygen atoms in total. The summed E-state index contributed by atoms with van der Waals surface area (Å²) in [4.78, 5) is 0. The van der Waals surface area contributed by atoms with Crippen molar-refractivity contribution in [2.45, 2.75) is 0 Å². The SMILES string of the molecule is COc1cc(N)ccc1-n1[c]cc2c3c(OC)cccc3ccc21. The standard InChI is InChI=1S/C20H17N2O2/c1-23-18-5-3-4-13-6-8-16-15(20(13)18)10-11-22(16)17-9-7-14(21)12-19(17)24-2/h3-10,12H,21H2,1-2H3. The average Bonchev–Trinajstić information content (AvgIpc) is 3.05. The Balaban J connectivity index is 2.04. The molecule has 1 radical (unpaired) electrons. The van der Waals surface area contributed by atoms with Gasteiger partial charge in [0.15, 0.2) is 0 Å². The predicted molar refractivity (Wildman–Crippen MR) is 97.1 cm³/mol. The second kappa shape index (κ2) is 5.49. The number of rotatable bonds is 3. The lowest BCUT2D eigenvalue weighted by molar-refractivity contribution is 0.413. The summed E-state index contributed by atoms with van der Waals surface area (Å²) >= 11 is 0. The summed E-state index contributed by atoms with van der Waals surface area (Å²) in [6.45, 7) is 0. The summed E-state index contributed by atoms with van der Waals surface area (Å²) < 4.78 is 13.0. The van der Waals surface area contributed by atoms with Crippen molar-refractivity contribution in [1.29, 1.82) is 0 Å². The fraction of sp³-hybridized carbons (Fsp3) is 0.100. The van der Waals surface area contributed by atoms with E-state index in [4.69, 9.17) is 15.2 Å². The molecule has 4 aromatic rings. The van der Waals surface area contributed by atoms with Crippen molar-refractivity contribution in [2.75, 3.05) is 20.0 Å². The van der Waals surface area contributed by atoms with E-state index in [9.17, 15) is 0 Å². The van der Waals surface area contributed by atoms with Crippen LogP contribution < -0.4 is 15.2 Å². The molecule has 0 saturated carbocycles. The quantitative estimate of drug-likeness (QED) is 0.577. The van der Waals surface area contributed by atoms with Crippen LogP contribution in [0.25, 0.3) is 27.4 Å². The third kappa shape index (κ3) is 2.07. The summed E-state index contributed by atoms with van der Waals surface area (Å²) in [6.07, 6.45) is 3.31. The molecule has 0 aliphatic rings. The molecular formula is C20H17N2O2. The number of nitrogens with zero attached hydrogens (tertiary/aromatic N) is 1. The van der Waals surface area contributed by atoms with Crippen molar-refractivity contribution in [3.8, 4) is 17.2 Å². The normalized spacial score (nSPS) is 11.1. The van der Waals surface area contributed by atoms with Gasteiger partial charge in [0.25, 0.3) is 0 Å². The highest BCUT2D eigenvalue weighted by atomic mass is 16.5. The molecule has 3 aromatic carbocycles.